The Morgan fingerprint density at radius 2 is 1.73 bits per heavy atom. The van der Waals surface area contributed by atoms with Gasteiger partial charge in [-0.2, -0.15) is 0 Å². The van der Waals surface area contributed by atoms with Gasteiger partial charge in [-0.1, -0.05) is 64.5 Å². The topological polar surface area (TPSA) is 85.5 Å². The molecular weight excluding hydrogens is 462 g/mol. The van der Waals surface area contributed by atoms with Gasteiger partial charge in [0.2, 0.25) is 11.8 Å². The first-order valence-corrected chi connectivity index (χ1v) is 14.3. The van der Waals surface area contributed by atoms with Crippen LogP contribution in [-0.4, -0.2) is 68.1 Å². The Balaban J connectivity index is 2.16. The number of nitrogens with zero attached hydrogens (tertiary/aromatic N) is 1. The summed E-state index contributed by atoms with van der Waals surface area (Å²) in [6.07, 6.45) is 7.36. The lowest BCUT2D eigenvalue weighted by molar-refractivity contribution is -0.129. The first-order chi connectivity index (χ1) is 17.8. The highest BCUT2D eigenvalue weighted by Crippen LogP contribution is 2.16. The van der Waals surface area contributed by atoms with Gasteiger partial charge in [-0.3, -0.25) is 9.59 Å². The number of aryl methyl sites for hydroxylation is 1. The summed E-state index contributed by atoms with van der Waals surface area (Å²) in [5, 5.41) is 12.8. The summed E-state index contributed by atoms with van der Waals surface area (Å²) < 4.78 is 0. The highest BCUT2D eigenvalue weighted by molar-refractivity contribution is 5.88. The molecule has 37 heavy (non-hydrogen) atoms. The van der Waals surface area contributed by atoms with Gasteiger partial charge >= 0.3 is 0 Å². The van der Waals surface area contributed by atoms with Crippen molar-refractivity contribution in [3.05, 3.63) is 47.7 Å². The predicted molar refractivity (Wildman–Crippen MR) is 153 cm³/mol. The van der Waals surface area contributed by atoms with Crippen molar-refractivity contribution in [3.63, 3.8) is 0 Å². The smallest absolute Gasteiger partial charge is 0.243 e. The van der Waals surface area contributed by atoms with Crippen LogP contribution in [0.3, 0.4) is 0 Å². The van der Waals surface area contributed by atoms with Gasteiger partial charge in [0.1, 0.15) is 6.04 Å². The maximum absolute atomic E-state index is 13.3. The minimum absolute atomic E-state index is 0.103. The van der Waals surface area contributed by atoms with Crippen molar-refractivity contribution in [2.24, 2.45) is 5.92 Å². The van der Waals surface area contributed by atoms with Crippen LogP contribution in [0.4, 0.5) is 0 Å². The number of hydrogen-bond acceptors (Lipinski definition) is 5. The molecule has 2 rings (SSSR count). The summed E-state index contributed by atoms with van der Waals surface area (Å²) >= 11 is 0. The lowest BCUT2D eigenvalue weighted by atomic mass is 9.93. The highest BCUT2D eigenvalue weighted by Gasteiger charge is 2.24. The molecule has 0 saturated heterocycles. The van der Waals surface area contributed by atoms with Crippen molar-refractivity contribution in [1.29, 1.82) is 0 Å². The number of carbonyl (C=O) groups excluding carboxylic acids is 2. The van der Waals surface area contributed by atoms with Gasteiger partial charge in [0, 0.05) is 31.4 Å². The quantitative estimate of drug-likeness (QED) is 0.401. The van der Waals surface area contributed by atoms with Crippen LogP contribution in [0.1, 0.15) is 70.9 Å². The highest BCUT2D eigenvalue weighted by atomic mass is 16.2. The molecule has 2 amide bonds. The number of unbranched alkanes of at least 4 members (excludes halogenated alkanes) is 2. The number of amides is 2. The Morgan fingerprint density at radius 1 is 0.973 bits per heavy atom. The normalized spacial score (nSPS) is 22.8. The summed E-state index contributed by atoms with van der Waals surface area (Å²) in [5.41, 5.74) is 3.49. The zero-order valence-electron chi connectivity index (χ0n) is 23.7. The molecule has 0 radical (unpaired) electrons. The average Bonchev–Trinajstić information content (AvgIpc) is 2.88. The molecule has 0 bridgehead atoms. The molecule has 3 atom stereocenters. The van der Waals surface area contributed by atoms with E-state index in [0.717, 1.165) is 57.3 Å². The molecule has 1 aliphatic heterocycles. The van der Waals surface area contributed by atoms with E-state index in [0.29, 0.717) is 25.7 Å². The molecule has 1 aromatic rings. The van der Waals surface area contributed by atoms with E-state index in [1.54, 1.807) is 0 Å². The first-order valence-electron chi connectivity index (χ1n) is 14.3. The lowest BCUT2D eigenvalue weighted by Gasteiger charge is -2.28. The Kier molecular flexibility index (Phi) is 14.3. The van der Waals surface area contributed by atoms with Crippen molar-refractivity contribution in [2.45, 2.75) is 84.7 Å². The monoisotopic (exact) mass is 513 g/mol. The molecule has 1 heterocycles. The zero-order valence-corrected chi connectivity index (χ0v) is 23.7. The molecule has 1 aromatic carbocycles. The van der Waals surface area contributed by atoms with Gasteiger partial charge in [0.15, 0.2) is 0 Å². The lowest BCUT2D eigenvalue weighted by Crippen LogP contribution is -2.54. The molecule has 0 fully saturated rings. The maximum Gasteiger partial charge on any atom is 0.243 e. The third-order valence-electron chi connectivity index (χ3n) is 7.03. The molecule has 0 aliphatic carbocycles. The molecule has 1 aliphatic rings. The van der Waals surface area contributed by atoms with Crippen molar-refractivity contribution in [2.75, 3.05) is 39.3 Å². The van der Waals surface area contributed by atoms with Crippen LogP contribution in [0.15, 0.2) is 36.5 Å². The summed E-state index contributed by atoms with van der Waals surface area (Å²) in [4.78, 5) is 28.4. The molecular formula is C30H51N5O2. The summed E-state index contributed by atoms with van der Waals surface area (Å²) in [6, 6.07) is 8.37. The number of fused-ring (bicyclic) bond motifs is 1. The van der Waals surface area contributed by atoms with Crippen molar-refractivity contribution < 1.29 is 9.59 Å². The van der Waals surface area contributed by atoms with Crippen LogP contribution in [0.5, 0.6) is 0 Å². The molecule has 208 valence electrons. The van der Waals surface area contributed by atoms with E-state index in [9.17, 15) is 9.59 Å². The molecule has 0 aromatic heterocycles. The average molecular weight is 514 g/mol. The second-order valence-electron chi connectivity index (χ2n) is 10.7. The van der Waals surface area contributed by atoms with Crippen LogP contribution in [0, 0.1) is 5.92 Å². The van der Waals surface area contributed by atoms with E-state index in [1.165, 1.54) is 17.5 Å². The number of carbonyl (C=O) groups is 2. The van der Waals surface area contributed by atoms with Gasteiger partial charge < -0.3 is 26.2 Å². The standard InChI is InChI=1S/C30H51N5O2/c1-6-8-11-17-35(16-7-2)22-28-30(37)33-19-23(3)18-27-13-10-9-12-26(27)15-14-24(4)31-20-25(5)32-21-29(36)34-28/h9-10,12-13,23-24,28,31-32H,5-8,11,14-22H2,1-4H3,(H,33,37)(H,34,36)/t23?,24-,28?/m0/s1. The summed E-state index contributed by atoms with van der Waals surface area (Å²) in [6.45, 7) is 16.4. The van der Waals surface area contributed by atoms with E-state index in [4.69, 9.17) is 0 Å². The predicted octanol–water partition coefficient (Wildman–Crippen LogP) is 3.40. The number of rotatable bonds is 8. The fourth-order valence-corrected chi connectivity index (χ4v) is 4.78. The molecule has 2 unspecified atom stereocenters. The van der Waals surface area contributed by atoms with Crippen LogP contribution in [0.2, 0.25) is 0 Å². The Hall–Kier alpha value is -2.38. The minimum Gasteiger partial charge on any atom is -0.379 e. The second kappa shape index (κ2) is 17.2. The molecule has 7 nitrogen and oxygen atoms in total. The Bertz CT molecular complexity index is 843. The van der Waals surface area contributed by atoms with Crippen molar-refractivity contribution in [1.82, 2.24) is 26.2 Å². The first kappa shape index (κ1) is 30.8. The van der Waals surface area contributed by atoms with Gasteiger partial charge in [-0.15, -0.1) is 0 Å². The fraction of sp³-hybridized carbons (Fsp3) is 0.667. The van der Waals surface area contributed by atoms with Crippen molar-refractivity contribution >= 4 is 11.8 Å². The fourth-order valence-electron chi connectivity index (χ4n) is 4.78. The zero-order chi connectivity index (χ0) is 27.0. The Morgan fingerprint density at radius 3 is 2.46 bits per heavy atom. The number of benzene rings is 1. The largest absolute Gasteiger partial charge is 0.379 e. The molecule has 0 saturated carbocycles. The van der Waals surface area contributed by atoms with E-state index in [2.05, 4.69) is 84.7 Å². The van der Waals surface area contributed by atoms with E-state index >= 15 is 0 Å². The second-order valence-corrected chi connectivity index (χ2v) is 10.7. The SMILES string of the molecule is C=C1CN[C@@H](C)CCc2ccccc2CC(C)CNC(=O)C(CN(CCC)CCCCC)NC(=O)CN1. The van der Waals surface area contributed by atoms with Gasteiger partial charge in [-0.05, 0) is 69.2 Å². The van der Waals surface area contributed by atoms with Gasteiger partial charge in [0.25, 0.3) is 0 Å². The number of hydrogen-bond donors (Lipinski definition) is 4. The maximum atomic E-state index is 13.3. The van der Waals surface area contributed by atoms with E-state index < -0.39 is 6.04 Å². The summed E-state index contributed by atoms with van der Waals surface area (Å²) in [5.74, 6) is -0.0138. The number of nitrogens with one attached hydrogen (secondary N) is 4. The molecule has 0 spiro atoms. The van der Waals surface area contributed by atoms with Gasteiger partial charge in [-0.25, -0.2) is 0 Å². The van der Waals surface area contributed by atoms with Gasteiger partial charge in [0.05, 0.1) is 6.54 Å². The minimum atomic E-state index is -0.591. The molecule has 4 N–H and O–H groups in total. The van der Waals surface area contributed by atoms with E-state index in [1.807, 2.05) is 0 Å². The third-order valence-corrected chi connectivity index (χ3v) is 7.03. The summed E-state index contributed by atoms with van der Waals surface area (Å²) in [7, 11) is 0. The van der Waals surface area contributed by atoms with Crippen LogP contribution in [-0.2, 0) is 22.4 Å². The Labute approximate surface area is 225 Å². The van der Waals surface area contributed by atoms with Crippen LogP contribution >= 0.6 is 0 Å². The van der Waals surface area contributed by atoms with Crippen LogP contribution in [0.25, 0.3) is 0 Å². The van der Waals surface area contributed by atoms with Crippen LogP contribution < -0.4 is 21.3 Å². The van der Waals surface area contributed by atoms with Crippen molar-refractivity contribution in [3.8, 4) is 0 Å². The molecule has 7 heteroatoms. The van der Waals surface area contributed by atoms with E-state index in [-0.39, 0.29) is 24.3 Å². The third kappa shape index (κ3) is 12.1.